The number of amides is 2. The summed E-state index contributed by atoms with van der Waals surface area (Å²) in [5.74, 6) is 0.146. The number of carbonyl (C=O) groups excluding carboxylic acids is 2. The van der Waals surface area contributed by atoms with E-state index in [1.165, 1.54) is 19.2 Å². The van der Waals surface area contributed by atoms with Crippen LogP contribution >= 0.6 is 0 Å². The zero-order chi connectivity index (χ0) is 23.6. The molecule has 1 N–H and O–H groups in total. The summed E-state index contributed by atoms with van der Waals surface area (Å²) < 4.78 is 33.2. The Balaban J connectivity index is 1.31. The van der Waals surface area contributed by atoms with Crippen LogP contribution in [0.3, 0.4) is 0 Å². The lowest BCUT2D eigenvalue weighted by Crippen LogP contribution is -2.48. The number of hydrogen-bond donors (Lipinski definition) is 1. The SMILES string of the molecule is COc1ccc(S(=O)(=O)NC2CCN(C(=O)[C@@H]3CC(=O)N(c4ccc(C)cc4)C3)CC2)cc1. The number of likely N-dealkylation sites (tertiary alicyclic amines) is 1. The van der Waals surface area contributed by atoms with E-state index >= 15 is 0 Å². The van der Waals surface area contributed by atoms with E-state index in [-0.39, 0.29) is 35.1 Å². The van der Waals surface area contributed by atoms with Gasteiger partial charge in [-0.1, -0.05) is 17.7 Å². The van der Waals surface area contributed by atoms with Crippen molar-refractivity contribution in [1.29, 1.82) is 0 Å². The van der Waals surface area contributed by atoms with Crippen molar-refractivity contribution in [2.24, 2.45) is 5.92 Å². The number of sulfonamides is 1. The second-order valence-electron chi connectivity index (χ2n) is 8.64. The number of anilines is 1. The molecule has 0 spiro atoms. The van der Waals surface area contributed by atoms with Gasteiger partial charge in [-0.15, -0.1) is 0 Å². The van der Waals surface area contributed by atoms with Gasteiger partial charge in [0.2, 0.25) is 21.8 Å². The van der Waals surface area contributed by atoms with E-state index in [2.05, 4.69) is 4.72 Å². The van der Waals surface area contributed by atoms with E-state index in [0.29, 0.717) is 38.2 Å². The standard InChI is InChI=1S/C24H29N3O5S/c1-17-3-5-20(6-4-17)27-16-18(15-23(27)28)24(29)26-13-11-19(12-14-26)25-33(30,31)22-9-7-21(32-2)8-10-22/h3-10,18-19,25H,11-16H2,1-2H3/t18-/m1/s1. The van der Waals surface area contributed by atoms with Gasteiger partial charge in [0, 0.05) is 37.8 Å². The summed E-state index contributed by atoms with van der Waals surface area (Å²) in [6.45, 7) is 3.29. The van der Waals surface area contributed by atoms with Gasteiger partial charge in [0.15, 0.2) is 0 Å². The number of ether oxygens (including phenoxy) is 1. The highest BCUT2D eigenvalue weighted by Crippen LogP contribution is 2.28. The number of hydrogen-bond acceptors (Lipinski definition) is 5. The molecule has 2 saturated heterocycles. The first kappa shape index (κ1) is 23.3. The molecule has 9 heteroatoms. The molecule has 176 valence electrons. The van der Waals surface area contributed by atoms with Crippen molar-refractivity contribution >= 4 is 27.5 Å². The number of methoxy groups -OCH3 is 1. The largest absolute Gasteiger partial charge is 0.497 e. The average Bonchev–Trinajstić information content (AvgIpc) is 3.21. The Morgan fingerprint density at radius 2 is 1.67 bits per heavy atom. The number of nitrogens with one attached hydrogen (secondary N) is 1. The molecule has 0 saturated carbocycles. The maximum absolute atomic E-state index is 13.0. The van der Waals surface area contributed by atoms with Crippen molar-refractivity contribution < 1.29 is 22.7 Å². The highest BCUT2D eigenvalue weighted by Gasteiger charge is 2.38. The summed E-state index contributed by atoms with van der Waals surface area (Å²) in [4.78, 5) is 29.2. The van der Waals surface area contributed by atoms with Crippen LogP contribution in [0.1, 0.15) is 24.8 Å². The average molecular weight is 472 g/mol. The van der Waals surface area contributed by atoms with Gasteiger partial charge in [0.25, 0.3) is 0 Å². The van der Waals surface area contributed by atoms with Crippen LogP contribution in [0.15, 0.2) is 53.4 Å². The Morgan fingerprint density at radius 1 is 1.03 bits per heavy atom. The first-order valence-electron chi connectivity index (χ1n) is 11.1. The van der Waals surface area contributed by atoms with E-state index in [0.717, 1.165) is 11.3 Å². The van der Waals surface area contributed by atoms with Crippen molar-refractivity contribution in [1.82, 2.24) is 9.62 Å². The molecule has 0 unspecified atom stereocenters. The lowest BCUT2D eigenvalue weighted by molar-refractivity contribution is -0.136. The minimum Gasteiger partial charge on any atom is -0.497 e. The van der Waals surface area contributed by atoms with Gasteiger partial charge in [0.1, 0.15) is 5.75 Å². The third-order valence-corrected chi connectivity index (χ3v) is 7.85. The molecular formula is C24H29N3O5S. The number of benzene rings is 2. The van der Waals surface area contributed by atoms with E-state index < -0.39 is 10.0 Å². The molecule has 1 atom stereocenters. The van der Waals surface area contributed by atoms with Gasteiger partial charge in [-0.3, -0.25) is 9.59 Å². The number of aryl methyl sites for hydroxylation is 1. The van der Waals surface area contributed by atoms with E-state index in [1.807, 2.05) is 31.2 Å². The van der Waals surface area contributed by atoms with Gasteiger partial charge >= 0.3 is 0 Å². The van der Waals surface area contributed by atoms with Crippen LogP contribution < -0.4 is 14.4 Å². The lowest BCUT2D eigenvalue weighted by atomic mass is 10.0. The monoisotopic (exact) mass is 471 g/mol. The molecule has 33 heavy (non-hydrogen) atoms. The van der Waals surface area contributed by atoms with E-state index in [1.54, 1.807) is 21.9 Å². The fourth-order valence-corrected chi connectivity index (χ4v) is 5.67. The summed E-state index contributed by atoms with van der Waals surface area (Å²) in [5.41, 5.74) is 1.93. The molecule has 2 aliphatic rings. The van der Waals surface area contributed by atoms with Crippen LogP contribution in [0.5, 0.6) is 5.75 Å². The third-order valence-electron chi connectivity index (χ3n) is 6.32. The zero-order valence-electron chi connectivity index (χ0n) is 18.9. The highest BCUT2D eigenvalue weighted by atomic mass is 32.2. The van der Waals surface area contributed by atoms with Crippen molar-refractivity contribution in [3.8, 4) is 5.75 Å². The Morgan fingerprint density at radius 3 is 2.27 bits per heavy atom. The fraction of sp³-hybridized carbons (Fsp3) is 0.417. The molecule has 8 nitrogen and oxygen atoms in total. The van der Waals surface area contributed by atoms with Crippen LogP contribution in [0.25, 0.3) is 0 Å². The van der Waals surface area contributed by atoms with Gasteiger partial charge in [0.05, 0.1) is 17.9 Å². The Hall–Kier alpha value is -2.91. The van der Waals surface area contributed by atoms with Crippen molar-refractivity contribution in [3.63, 3.8) is 0 Å². The summed E-state index contributed by atoms with van der Waals surface area (Å²) in [5, 5.41) is 0. The fourth-order valence-electron chi connectivity index (χ4n) is 4.37. The molecule has 0 aliphatic carbocycles. The van der Waals surface area contributed by atoms with Crippen molar-refractivity contribution in [2.75, 3.05) is 31.6 Å². The predicted molar refractivity (Wildman–Crippen MR) is 125 cm³/mol. The van der Waals surface area contributed by atoms with Crippen LogP contribution in [0.4, 0.5) is 5.69 Å². The Kier molecular flexibility index (Phi) is 6.71. The van der Waals surface area contributed by atoms with Crippen LogP contribution in [-0.4, -0.2) is 57.9 Å². The molecule has 2 aromatic carbocycles. The summed E-state index contributed by atoms with van der Waals surface area (Å²) >= 11 is 0. The normalized spacial score (nSPS) is 19.7. The molecule has 0 bridgehead atoms. The molecule has 2 fully saturated rings. The Labute approximate surface area is 194 Å². The van der Waals surface area contributed by atoms with Gasteiger partial charge in [-0.05, 0) is 56.2 Å². The highest BCUT2D eigenvalue weighted by molar-refractivity contribution is 7.89. The van der Waals surface area contributed by atoms with E-state index in [4.69, 9.17) is 4.74 Å². The molecule has 2 heterocycles. The number of rotatable bonds is 6. The van der Waals surface area contributed by atoms with Gasteiger partial charge in [-0.25, -0.2) is 13.1 Å². The summed E-state index contributed by atoms with van der Waals surface area (Å²) in [6.07, 6.45) is 1.27. The van der Waals surface area contributed by atoms with Crippen molar-refractivity contribution in [3.05, 3.63) is 54.1 Å². The number of nitrogens with zero attached hydrogens (tertiary/aromatic N) is 2. The molecule has 0 radical (unpaired) electrons. The minimum absolute atomic E-state index is 0.0329. The lowest BCUT2D eigenvalue weighted by Gasteiger charge is -2.33. The smallest absolute Gasteiger partial charge is 0.240 e. The second-order valence-corrected chi connectivity index (χ2v) is 10.4. The summed E-state index contributed by atoms with van der Waals surface area (Å²) in [7, 11) is -2.12. The first-order valence-corrected chi connectivity index (χ1v) is 12.6. The third kappa shape index (κ3) is 5.20. The molecule has 4 rings (SSSR count). The molecule has 2 amide bonds. The molecule has 2 aromatic rings. The Bertz CT molecular complexity index is 1110. The zero-order valence-corrected chi connectivity index (χ0v) is 19.7. The minimum atomic E-state index is -3.65. The first-order chi connectivity index (χ1) is 15.8. The number of carbonyl (C=O) groups is 2. The van der Waals surface area contributed by atoms with Gasteiger partial charge in [-0.2, -0.15) is 0 Å². The van der Waals surface area contributed by atoms with Crippen molar-refractivity contribution in [2.45, 2.75) is 37.1 Å². The quantitative estimate of drug-likeness (QED) is 0.698. The van der Waals surface area contributed by atoms with Gasteiger partial charge < -0.3 is 14.5 Å². The van der Waals surface area contributed by atoms with Crippen LogP contribution in [-0.2, 0) is 19.6 Å². The molecular weight excluding hydrogens is 442 g/mol. The maximum Gasteiger partial charge on any atom is 0.240 e. The van der Waals surface area contributed by atoms with Crippen LogP contribution in [0, 0.1) is 12.8 Å². The second kappa shape index (κ2) is 9.52. The predicted octanol–water partition coefficient (Wildman–Crippen LogP) is 2.33. The topological polar surface area (TPSA) is 96.0 Å². The molecule has 0 aromatic heterocycles. The van der Waals surface area contributed by atoms with E-state index in [9.17, 15) is 18.0 Å². The molecule has 2 aliphatic heterocycles. The summed E-state index contributed by atoms with van der Waals surface area (Å²) in [6, 6.07) is 13.7. The number of piperidine rings is 1. The van der Waals surface area contributed by atoms with Crippen LogP contribution in [0.2, 0.25) is 0 Å². The maximum atomic E-state index is 13.0.